The average Bonchev–Trinajstić information content (AvgIpc) is 3.00. The van der Waals surface area contributed by atoms with Crippen LogP contribution in [0.2, 0.25) is 0 Å². The highest BCUT2D eigenvalue weighted by Gasteiger charge is 2.06. The fourth-order valence-corrected chi connectivity index (χ4v) is 3.14. The summed E-state index contributed by atoms with van der Waals surface area (Å²) in [6, 6.07) is 8.90. The molecule has 0 saturated heterocycles. The van der Waals surface area contributed by atoms with Crippen molar-refractivity contribution in [3.63, 3.8) is 0 Å². The van der Waals surface area contributed by atoms with Gasteiger partial charge in [-0.15, -0.1) is 24.0 Å². The third kappa shape index (κ3) is 6.48. The third-order valence-electron chi connectivity index (χ3n) is 3.08. The molecule has 0 radical (unpaired) electrons. The maximum absolute atomic E-state index is 11.4. The van der Waals surface area contributed by atoms with Crippen LogP contribution < -0.4 is 10.6 Å². The van der Waals surface area contributed by atoms with Crippen molar-refractivity contribution in [1.82, 2.24) is 10.6 Å². The van der Waals surface area contributed by atoms with Crippen molar-refractivity contribution in [3.05, 3.63) is 52.2 Å². The minimum atomic E-state index is -3.14. The van der Waals surface area contributed by atoms with E-state index in [0.717, 1.165) is 12.1 Å². The van der Waals surface area contributed by atoms with E-state index in [4.69, 9.17) is 0 Å². The van der Waals surface area contributed by atoms with E-state index in [2.05, 4.69) is 27.1 Å². The molecule has 1 aromatic carbocycles. The van der Waals surface area contributed by atoms with Gasteiger partial charge in [-0.1, -0.05) is 12.1 Å². The maximum atomic E-state index is 11.4. The second-order valence-electron chi connectivity index (χ2n) is 4.83. The predicted octanol–water partition coefficient (Wildman–Crippen LogP) is 2.63. The average molecular weight is 465 g/mol. The minimum Gasteiger partial charge on any atom is -0.352 e. The molecule has 126 valence electrons. The normalized spacial score (nSPS) is 11.7. The van der Waals surface area contributed by atoms with Gasteiger partial charge < -0.3 is 10.6 Å². The molecule has 0 amide bonds. The summed E-state index contributed by atoms with van der Waals surface area (Å²) in [5, 5.41) is 10.6. The summed E-state index contributed by atoms with van der Waals surface area (Å²) in [6.07, 6.45) is 1.20. The molecule has 0 aliphatic heterocycles. The Morgan fingerprint density at radius 2 is 1.70 bits per heavy atom. The van der Waals surface area contributed by atoms with E-state index in [-0.39, 0.29) is 24.0 Å². The van der Waals surface area contributed by atoms with E-state index in [1.807, 2.05) is 5.38 Å². The molecule has 0 atom stereocenters. The number of aliphatic imine (C=N–C) groups is 1. The highest BCUT2D eigenvalue weighted by molar-refractivity contribution is 14.0. The summed E-state index contributed by atoms with van der Waals surface area (Å²) < 4.78 is 22.8. The fourth-order valence-electron chi connectivity index (χ4n) is 1.84. The molecule has 1 heterocycles. The number of nitrogens with one attached hydrogen (secondary N) is 2. The zero-order chi connectivity index (χ0) is 16.0. The number of nitrogens with zero attached hydrogens (tertiary/aromatic N) is 1. The number of guanidine groups is 1. The summed E-state index contributed by atoms with van der Waals surface area (Å²) >= 11 is 1.66. The van der Waals surface area contributed by atoms with Crippen molar-refractivity contribution in [2.24, 2.45) is 4.99 Å². The molecular weight excluding hydrogens is 445 g/mol. The van der Waals surface area contributed by atoms with Crippen LogP contribution in [0.3, 0.4) is 0 Å². The number of rotatable bonds is 5. The summed E-state index contributed by atoms with van der Waals surface area (Å²) in [6.45, 7) is 1.30. The molecule has 1 aromatic heterocycles. The first kappa shape index (κ1) is 19.9. The molecule has 2 rings (SSSR count). The summed E-state index contributed by atoms with van der Waals surface area (Å²) in [4.78, 5) is 4.49. The topological polar surface area (TPSA) is 70.6 Å². The standard InChI is InChI=1S/C15H19N3O2S2.HI/c1-16-15(18-10-13-7-8-21-11-13)17-9-12-3-5-14(6-4-12)22(2,19)20;/h3-8,11H,9-10H2,1-2H3,(H2,16,17,18);1H. The summed E-state index contributed by atoms with van der Waals surface area (Å²) in [5.74, 6) is 0.707. The quantitative estimate of drug-likeness (QED) is 0.405. The van der Waals surface area contributed by atoms with Gasteiger partial charge in [0.1, 0.15) is 0 Å². The SMILES string of the molecule is CN=C(NCc1ccc(S(C)(=O)=O)cc1)NCc1ccsc1.I. The lowest BCUT2D eigenvalue weighted by molar-refractivity contribution is 0.602. The zero-order valence-electron chi connectivity index (χ0n) is 12.9. The number of sulfone groups is 1. The van der Waals surface area contributed by atoms with Gasteiger partial charge in [0.15, 0.2) is 15.8 Å². The zero-order valence-corrected chi connectivity index (χ0v) is 16.9. The summed E-state index contributed by atoms with van der Waals surface area (Å²) in [5.41, 5.74) is 2.20. The first-order chi connectivity index (χ1) is 10.5. The first-order valence-corrected chi connectivity index (χ1v) is 9.57. The van der Waals surface area contributed by atoms with Gasteiger partial charge in [0.05, 0.1) is 4.90 Å². The largest absolute Gasteiger partial charge is 0.352 e. The molecular formula is C15H20IN3O2S2. The number of hydrogen-bond acceptors (Lipinski definition) is 4. The van der Waals surface area contributed by atoms with Crippen LogP contribution in [-0.4, -0.2) is 27.7 Å². The molecule has 23 heavy (non-hydrogen) atoms. The van der Waals surface area contributed by atoms with Crippen molar-refractivity contribution >= 4 is 51.1 Å². The Morgan fingerprint density at radius 3 is 2.17 bits per heavy atom. The van der Waals surface area contributed by atoms with Crippen LogP contribution in [0.1, 0.15) is 11.1 Å². The Labute approximate surface area is 158 Å². The minimum absolute atomic E-state index is 0. The van der Waals surface area contributed by atoms with E-state index >= 15 is 0 Å². The van der Waals surface area contributed by atoms with Gasteiger partial charge in [0, 0.05) is 26.4 Å². The van der Waals surface area contributed by atoms with Gasteiger partial charge >= 0.3 is 0 Å². The van der Waals surface area contributed by atoms with Crippen LogP contribution in [0, 0.1) is 0 Å². The molecule has 0 fully saturated rings. The maximum Gasteiger partial charge on any atom is 0.191 e. The highest BCUT2D eigenvalue weighted by Crippen LogP contribution is 2.10. The van der Waals surface area contributed by atoms with Gasteiger partial charge in [-0.3, -0.25) is 4.99 Å². The van der Waals surface area contributed by atoms with E-state index in [0.29, 0.717) is 17.4 Å². The van der Waals surface area contributed by atoms with Crippen LogP contribution in [0.25, 0.3) is 0 Å². The monoisotopic (exact) mass is 465 g/mol. The van der Waals surface area contributed by atoms with Gasteiger partial charge in [0.2, 0.25) is 0 Å². The van der Waals surface area contributed by atoms with E-state index in [1.54, 1.807) is 42.6 Å². The number of benzene rings is 1. The van der Waals surface area contributed by atoms with Crippen LogP contribution in [0.5, 0.6) is 0 Å². The highest BCUT2D eigenvalue weighted by atomic mass is 127. The fraction of sp³-hybridized carbons (Fsp3) is 0.267. The van der Waals surface area contributed by atoms with Gasteiger partial charge in [-0.05, 0) is 40.1 Å². The van der Waals surface area contributed by atoms with Crippen LogP contribution >= 0.6 is 35.3 Å². The summed E-state index contributed by atoms with van der Waals surface area (Å²) in [7, 11) is -1.43. The number of halogens is 1. The molecule has 0 saturated carbocycles. The van der Waals surface area contributed by atoms with E-state index < -0.39 is 9.84 Å². The molecule has 0 bridgehead atoms. The first-order valence-electron chi connectivity index (χ1n) is 6.73. The van der Waals surface area contributed by atoms with Crippen molar-refractivity contribution in [2.75, 3.05) is 13.3 Å². The molecule has 8 heteroatoms. The second kappa shape index (κ2) is 9.24. The van der Waals surface area contributed by atoms with Gasteiger partial charge in [-0.25, -0.2) is 8.42 Å². The Hall–Kier alpha value is -1.13. The van der Waals surface area contributed by atoms with E-state index in [9.17, 15) is 8.42 Å². The number of hydrogen-bond donors (Lipinski definition) is 2. The lowest BCUT2D eigenvalue weighted by atomic mass is 10.2. The molecule has 2 N–H and O–H groups in total. The predicted molar refractivity (Wildman–Crippen MR) is 106 cm³/mol. The lowest BCUT2D eigenvalue weighted by Crippen LogP contribution is -2.36. The van der Waals surface area contributed by atoms with Crippen LogP contribution in [-0.2, 0) is 22.9 Å². The van der Waals surface area contributed by atoms with Gasteiger partial charge in [0.25, 0.3) is 0 Å². The third-order valence-corrected chi connectivity index (χ3v) is 4.94. The van der Waals surface area contributed by atoms with Gasteiger partial charge in [-0.2, -0.15) is 11.3 Å². The van der Waals surface area contributed by atoms with Crippen molar-refractivity contribution in [1.29, 1.82) is 0 Å². The molecule has 5 nitrogen and oxygen atoms in total. The Kier molecular flexibility index (Phi) is 8.00. The van der Waals surface area contributed by atoms with E-state index in [1.165, 1.54) is 11.8 Å². The molecule has 0 spiro atoms. The van der Waals surface area contributed by atoms with Crippen molar-refractivity contribution < 1.29 is 8.42 Å². The van der Waals surface area contributed by atoms with Crippen LogP contribution in [0.4, 0.5) is 0 Å². The lowest BCUT2D eigenvalue weighted by Gasteiger charge is -2.11. The smallest absolute Gasteiger partial charge is 0.191 e. The van der Waals surface area contributed by atoms with Crippen LogP contribution in [0.15, 0.2) is 51.0 Å². The van der Waals surface area contributed by atoms with Crippen molar-refractivity contribution in [2.45, 2.75) is 18.0 Å². The molecule has 0 aliphatic rings. The molecule has 0 aliphatic carbocycles. The Morgan fingerprint density at radius 1 is 1.09 bits per heavy atom. The van der Waals surface area contributed by atoms with Crippen molar-refractivity contribution in [3.8, 4) is 0 Å². The molecule has 2 aromatic rings. The second-order valence-corrected chi connectivity index (χ2v) is 7.62. The number of thiophene rings is 1. The molecule has 0 unspecified atom stereocenters. The Bertz CT molecular complexity index is 727. The Balaban J connectivity index is 0.00000264.